The van der Waals surface area contributed by atoms with Crippen molar-refractivity contribution in [3.63, 3.8) is 0 Å². The standard InChI is InChI=1S/C13H19N3O5S.ClH/c1-21-11-8-10(16(17)18)4-5-12(11)22(19,20)15-13(9-14)6-2-3-7-13;/h4-5,8,15H,2-3,6-7,9,14H2,1H3;1H. The molecule has 0 bridgehead atoms. The third-order valence-electron chi connectivity index (χ3n) is 3.95. The summed E-state index contributed by atoms with van der Waals surface area (Å²) in [5.74, 6) is -0.0631. The molecule has 0 aromatic heterocycles. The van der Waals surface area contributed by atoms with Crippen LogP contribution in [0.2, 0.25) is 0 Å². The van der Waals surface area contributed by atoms with Gasteiger partial charge in [0.1, 0.15) is 10.6 Å². The molecule has 1 aromatic rings. The van der Waals surface area contributed by atoms with Crippen molar-refractivity contribution in [1.82, 2.24) is 4.72 Å². The van der Waals surface area contributed by atoms with Crippen molar-refractivity contribution in [3.8, 4) is 5.75 Å². The smallest absolute Gasteiger partial charge is 0.273 e. The van der Waals surface area contributed by atoms with Gasteiger partial charge < -0.3 is 10.5 Å². The Hall–Kier alpha value is -1.42. The lowest BCUT2D eigenvalue weighted by Crippen LogP contribution is -2.51. The van der Waals surface area contributed by atoms with E-state index in [1.807, 2.05) is 0 Å². The summed E-state index contributed by atoms with van der Waals surface area (Å²) in [7, 11) is -2.61. The molecule has 0 spiro atoms. The molecule has 1 aliphatic carbocycles. The van der Waals surface area contributed by atoms with Crippen LogP contribution in [0, 0.1) is 10.1 Å². The van der Waals surface area contributed by atoms with Gasteiger partial charge >= 0.3 is 0 Å². The van der Waals surface area contributed by atoms with Crippen LogP contribution in [0.4, 0.5) is 5.69 Å². The number of nitrogens with two attached hydrogens (primary N) is 1. The number of hydrogen-bond acceptors (Lipinski definition) is 6. The first-order valence-corrected chi connectivity index (χ1v) is 8.38. The molecule has 1 saturated carbocycles. The van der Waals surface area contributed by atoms with E-state index < -0.39 is 20.5 Å². The van der Waals surface area contributed by atoms with Crippen molar-refractivity contribution in [1.29, 1.82) is 0 Å². The Morgan fingerprint density at radius 3 is 2.48 bits per heavy atom. The van der Waals surface area contributed by atoms with Gasteiger partial charge in [-0.25, -0.2) is 13.1 Å². The number of nitrogens with zero attached hydrogens (tertiary/aromatic N) is 1. The van der Waals surface area contributed by atoms with Crippen LogP contribution in [0.15, 0.2) is 23.1 Å². The monoisotopic (exact) mass is 365 g/mol. The summed E-state index contributed by atoms with van der Waals surface area (Å²) in [4.78, 5) is 10.0. The number of rotatable bonds is 6. The van der Waals surface area contributed by atoms with Crippen LogP contribution in [0.1, 0.15) is 25.7 Å². The normalized spacial score (nSPS) is 16.6. The van der Waals surface area contributed by atoms with Crippen LogP contribution >= 0.6 is 12.4 Å². The summed E-state index contributed by atoms with van der Waals surface area (Å²) in [6, 6.07) is 3.41. The van der Waals surface area contributed by atoms with E-state index in [-0.39, 0.29) is 35.3 Å². The molecule has 0 radical (unpaired) electrons. The van der Waals surface area contributed by atoms with Gasteiger partial charge in [-0.2, -0.15) is 0 Å². The predicted molar refractivity (Wildman–Crippen MR) is 87.5 cm³/mol. The molecule has 23 heavy (non-hydrogen) atoms. The second-order valence-corrected chi connectivity index (χ2v) is 7.04. The van der Waals surface area contributed by atoms with Crippen molar-refractivity contribution < 1.29 is 18.1 Å². The minimum Gasteiger partial charge on any atom is -0.495 e. The van der Waals surface area contributed by atoms with Crippen molar-refractivity contribution in [3.05, 3.63) is 28.3 Å². The lowest BCUT2D eigenvalue weighted by Gasteiger charge is -2.28. The number of ether oxygens (including phenoxy) is 1. The number of halogens is 1. The largest absolute Gasteiger partial charge is 0.495 e. The first-order valence-electron chi connectivity index (χ1n) is 6.90. The molecule has 130 valence electrons. The second kappa shape index (κ2) is 7.43. The first-order chi connectivity index (χ1) is 10.3. The summed E-state index contributed by atoms with van der Waals surface area (Å²) >= 11 is 0. The molecule has 0 amide bonds. The summed E-state index contributed by atoms with van der Waals surface area (Å²) in [5.41, 5.74) is 4.86. The Bertz CT molecular complexity index is 674. The van der Waals surface area contributed by atoms with Gasteiger partial charge in [-0.3, -0.25) is 10.1 Å². The maximum Gasteiger partial charge on any atom is 0.273 e. The number of nitro benzene ring substituents is 1. The van der Waals surface area contributed by atoms with Gasteiger partial charge in [-0.1, -0.05) is 12.8 Å². The number of sulfonamides is 1. The molecule has 0 heterocycles. The van der Waals surface area contributed by atoms with Gasteiger partial charge in [-0.15, -0.1) is 12.4 Å². The number of non-ortho nitro benzene ring substituents is 1. The molecule has 1 aromatic carbocycles. The number of benzene rings is 1. The van der Waals surface area contributed by atoms with E-state index in [1.165, 1.54) is 13.2 Å². The average Bonchev–Trinajstić information content (AvgIpc) is 2.94. The minimum absolute atomic E-state index is 0. The average molecular weight is 366 g/mol. The molecule has 0 aliphatic heterocycles. The molecule has 0 atom stereocenters. The summed E-state index contributed by atoms with van der Waals surface area (Å²) in [5, 5.41) is 10.8. The zero-order valence-corrected chi connectivity index (χ0v) is 14.3. The fourth-order valence-electron chi connectivity index (χ4n) is 2.73. The van der Waals surface area contributed by atoms with Gasteiger partial charge in [0, 0.05) is 18.2 Å². The Morgan fingerprint density at radius 2 is 2.00 bits per heavy atom. The van der Waals surface area contributed by atoms with Crippen LogP contribution in [0.3, 0.4) is 0 Å². The lowest BCUT2D eigenvalue weighted by atomic mass is 10.0. The number of nitrogens with one attached hydrogen (secondary N) is 1. The van der Waals surface area contributed by atoms with Crippen molar-refractivity contribution in [2.24, 2.45) is 5.73 Å². The summed E-state index contributed by atoms with van der Waals surface area (Å²) < 4.78 is 32.8. The van der Waals surface area contributed by atoms with Crippen molar-refractivity contribution in [2.75, 3.05) is 13.7 Å². The first kappa shape index (κ1) is 19.6. The summed E-state index contributed by atoms with van der Waals surface area (Å²) in [6.07, 6.45) is 3.18. The van der Waals surface area contributed by atoms with Gasteiger partial charge in [0.05, 0.1) is 18.1 Å². The molecule has 10 heteroatoms. The van der Waals surface area contributed by atoms with E-state index in [1.54, 1.807) is 0 Å². The van der Waals surface area contributed by atoms with Crippen molar-refractivity contribution >= 4 is 28.1 Å². The highest BCUT2D eigenvalue weighted by Crippen LogP contribution is 2.33. The zero-order chi connectivity index (χ0) is 16.4. The summed E-state index contributed by atoms with van der Waals surface area (Å²) in [6.45, 7) is 0.210. The Balaban J connectivity index is 0.00000264. The Labute approximate surface area is 141 Å². The van der Waals surface area contributed by atoms with Gasteiger partial charge in [0.25, 0.3) is 5.69 Å². The quantitative estimate of drug-likeness (QED) is 0.582. The van der Waals surface area contributed by atoms with Crippen molar-refractivity contribution in [2.45, 2.75) is 36.1 Å². The number of hydrogen-bond donors (Lipinski definition) is 2. The van der Waals surface area contributed by atoms with Gasteiger partial charge in [-0.05, 0) is 18.9 Å². The molecule has 8 nitrogen and oxygen atoms in total. The Morgan fingerprint density at radius 1 is 1.39 bits per heavy atom. The molecule has 1 fully saturated rings. The zero-order valence-electron chi connectivity index (χ0n) is 12.6. The molecule has 0 unspecified atom stereocenters. The van der Waals surface area contributed by atoms with Crippen LogP contribution in [-0.4, -0.2) is 32.5 Å². The van der Waals surface area contributed by atoms with Crippen LogP contribution < -0.4 is 15.2 Å². The molecule has 1 aliphatic rings. The second-order valence-electron chi connectivity index (χ2n) is 5.39. The third kappa shape index (κ3) is 4.11. The Kier molecular flexibility index (Phi) is 6.34. The fourth-order valence-corrected chi connectivity index (χ4v) is 4.35. The molecule has 2 rings (SSSR count). The molecule has 3 N–H and O–H groups in total. The molecule has 0 saturated heterocycles. The van der Waals surface area contributed by atoms with Gasteiger partial charge in [0.15, 0.2) is 0 Å². The maximum absolute atomic E-state index is 12.6. The van der Waals surface area contributed by atoms with Crippen LogP contribution in [0.25, 0.3) is 0 Å². The maximum atomic E-state index is 12.6. The van der Waals surface area contributed by atoms with E-state index in [4.69, 9.17) is 10.5 Å². The molecular weight excluding hydrogens is 346 g/mol. The highest BCUT2D eigenvalue weighted by molar-refractivity contribution is 7.89. The highest BCUT2D eigenvalue weighted by Gasteiger charge is 2.37. The number of nitro groups is 1. The fraction of sp³-hybridized carbons (Fsp3) is 0.538. The van der Waals surface area contributed by atoms with E-state index in [2.05, 4.69) is 4.72 Å². The predicted octanol–water partition coefficient (Wildman–Crippen LogP) is 1.57. The molecular formula is C13H20ClN3O5S. The lowest BCUT2D eigenvalue weighted by molar-refractivity contribution is -0.385. The van der Waals surface area contributed by atoms with Gasteiger partial charge in [0.2, 0.25) is 10.0 Å². The van der Waals surface area contributed by atoms with Crippen LogP contribution in [-0.2, 0) is 10.0 Å². The van der Waals surface area contributed by atoms with E-state index in [0.29, 0.717) is 12.8 Å². The minimum atomic E-state index is -3.88. The topological polar surface area (TPSA) is 125 Å². The van der Waals surface area contributed by atoms with Crippen LogP contribution in [0.5, 0.6) is 5.75 Å². The van der Waals surface area contributed by atoms with E-state index in [9.17, 15) is 18.5 Å². The van der Waals surface area contributed by atoms with E-state index in [0.717, 1.165) is 25.0 Å². The highest BCUT2D eigenvalue weighted by atomic mass is 35.5. The number of methoxy groups -OCH3 is 1. The third-order valence-corrected chi connectivity index (χ3v) is 5.57. The SMILES string of the molecule is COc1cc([N+](=O)[O-])ccc1S(=O)(=O)NC1(CN)CCCC1.Cl. The van der Waals surface area contributed by atoms with E-state index >= 15 is 0 Å².